The summed E-state index contributed by atoms with van der Waals surface area (Å²) in [5, 5.41) is 6.61. The Hall–Kier alpha value is -2.46. The van der Waals surface area contributed by atoms with Crippen molar-refractivity contribution in [3.63, 3.8) is 0 Å². The smallest absolute Gasteiger partial charge is 0.254 e. The van der Waals surface area contributed by atoms with Gasteiger partial charge in [-0.15, -0.1) is 11.3 Å². The van der Waals surface area contributed by atoms with Gasteiger partial charge in [0.25, 0.3) is 5.91 Å². The molecule has 3 aromatic rings. The predicted molar refractivity (Wildman–Crippen MR) is 127 cm³/mol. The number of thiophene rings is 1. The van der Waals surface area contributed by atoms with Crippen LogP contribution in [0.15, 0.2) is 47.5 Å². The van der Waals surface area contributed by atoms with Gasteiger partial charge in [-0.3, -0.25) is 4.79 Å². The van der Waals surface area contributed by atoms with Crippen LogP contribution in [0, 0.1) is 0 Å². The number of fused-ring (bicyclic) bond motifs is 2. The molecule has 1 fully saturated rings. The molecule has 0 atom stereocenters. The Morgan fingerprint density at radius 3 is 2.67 bits per heavy atom. The third kappa shape index (κ3) is 3.93. The summed E-state index contributed by atoms with van der Waals surface area (Å²) in [6.07, 6.45) is 12.3. The van der Waals surface area contributed by atoms with Crippen molar-refractivity contribution < 1.29 is 4.79 Å². The highest BCUT2D eigenvalue weighted by Crippen LogP contribution is 2.40. The number of aliphatic imine (C=N–C) groups is 1. The molecule has 1 heterocycles. The molecule has 4 heteroatoms. The number of benzene rings is 2. The second kappa shape index (κ2) is 8.73. The topological polar surface area (TPSA) is 41.5 Å². The van der Waals surface area contributed by atoms with Crippen molar-refractivity contribution in [2.45, 2.75) is 63.8 Å². The van der Waals surface area contributed by atoms with Gasteiger partial charge < -0.3 is 5.32 Å². The van der Waals surface area contributed by atoms with E-state index in [1.807, 2.05) is 6.21 Å². The van der Waals surface area contributed by atoms with Crippen molar-refractivity contribution in [2.75, 3.05) is 0 Å². The van der Waals surface area contributed by atoms with Crippen LogP contribution in [0.25, 0.3) is 10.8 Å². The van der Waals surface area contributed by atoms with Gasteiger partial charge in [-0.05, 0) is 54.9 Å². The summed E-state index contributed by atoms with van der Waals surface area (Å²) in [6.45, 7) is 0. The van der Waals surface area contributed by atoms with Crippen LogP contribution >= 0.6 is 11.3 Å². The quantitative estimate of drug-likeness (QED) is 0.479. The lowest BCUT2D eigenvalue weighted by molar-refractivity contribution is 0.0927. The number of nitrogens with one attached hydrogen (secondary N) is 1. The van der Waals surface area contributed by atoms with Gasteiger partial charge in [0.1, 0.15) is 5.00 Å². The standard InChI is InChI=1S/C26H28N2OS/c29-25(28-20-12-2-1-3-13-20)24-22-15-6-7-16-23(22)30-26(24)27-17-19-11-8-10-18-9-4-5-14-21(18)19/h4-5,8-11,14,17,20H,1-3,6-7,12-13,15-16H2,(H,28,29)/b27-17-. The Morgan fingerprint density at radius 1 is 0.967 bits per heavy atom. The van der Waals surface area contributed by atoms with Crippen LogP contribution in [0.4, 0.5) is 5.00 Å². The second-order valence-corrected chi connectivity index (χ2v) is 9.61. The normalized spacial score (nSPS) is 17.3. The minimum atomic E-state index is 0.0892. The van der Waals surface area contributed by atoms with E-state index in [0.717, 1.165) is 41.8 Å². The van der Waals surface area contributed by atoms with Crippen molar-refractivity contribution in [3.8, 4) is 0 Å². The van der Waals surface area contributed by atoms with Crippen LogP contribution in [-0.4, -0.2) is 18.2 Å². The minimum Gasteiger partial charge on any atom is -0.349 e. The van der Waals surface area contributed by atoms with Gasteiger partial charge in [0.2, 0.25) is 0 Å². The maximum Gasteiger partial charge on any atom is 0.254 e. The molecule has 0 aliphatic heterocycles. The fourth-order valence-corrected chi connectivity index (χ4v) is 6.10. The summed E-state index contributed by atoms with van der Waals surface area (Å²) < 4.78 is 0. The minimum absolute atomic E-state index is 0.0892. The summed E-state index contributed by atoms with van der Waals surface area (Å²) >= 11 is 1.72. The van der Waals surface area contributed by atoms with Crippen LogP contribution < -0.4 is 5.32 Å². The Labute approximate surface area is 182 Å². The zero-order valence-electron chi connectivity index (χ0n) is 17.3. The predicted octanol–water partition coefficient (Wildman–Crippen LogP) is 6.59. The van der Waals surface area contributed by atoms with E-state index < -0.39 is 0 Å². The molecule has 1 N–H and O–H groups in total. The molecule has 3 nitrogen and oxygen atoms in total. The van der Waals surface area contributed by atoms with Crippen molar-refractivity contribution in [1.29, 1.82) is 0 Å². The molecule has 1 aromatic heterocycles. The molecule has 0 radical (unpaired) electrons. The van der Waals surface area contributed by atoms with E-state index in [0.29, 0.717) is 6.04 Å². The third-order valence-corrected chi connectivity index (χ3v) is 7.66. The molecule has 5 rings (SSSR count). The molecule has 0 unspecified atom stereocenters. The highest BCUT2D eigenvalue weighted by molar-refractivity contribution is 7.16. The number of carbonyl (C=O) groups excluding carboxylic acids is 1. The molecule has 1 amide bonds. The van der Waals surface area contributed by atoms with Crippen LogP contribution in [0.3, 0.4) is 0 Å². The number of hydrogen-bond donors (Lipinski definition) is 1. The van der Waals surface area contributed by atoms with Crippen LogP contribution in [0.1, 0.15) is 71.3 Å². The van der Waals surface area contributed by atoms with E-state index in [9.17, 15) is 4.79 Å². The molecule has 0 saturated heterocycles. The van der Waals surface area contributed by atoms with Gasteiger partial charge in [-0.1, -0.05) is 61.7 Å². The maximum atomic E-state index is 13.3. The average molecular weight is 417 g/mol. The Balaban J connectivity index is 1.49. The summed E-state index contributed by atoms with van der Waals surface area (Å²) in [5.74, 6) is 0.0892. The zero-order valence-corrected chi connectivity index (χ0v) is 18.1. The first-order chi connectivity index (χ1) is 14.8. The zero-order chi connectivity index (χ0) is 20.3. The lowest BCUT2D eigenvalue weighted by atomic mass is 9.93. The van der Waals surface area contributed by atoms with Crippen molar-refractivity contribution >= 4 is 39.2 Å². The highest BCUT2D eigenvalue weighted by atomic mass is 32.1. The Morgan fingerprint density at radius 2 is 1.77 bits per heavy atom. The second-order valence-electron chi connectivity index (χ2n) is 8.53. The lowest BCUT2D eigenvalue weighted by Gasteiger charge is -2.23. The van der Waals surface area contributed by atoms with Gasteiger partial charge in [0, 0.05) is 22.7 Å². The van der Waals surface area contributed by atoms with E-state index >= 15 is 0 Å². The molecular formula is C26H28N2OS. The van der Waals surface area contributed by atoms with Gasteiger partial charge in [-0.25, -0.2) is 4.99 Å². The molecule has 0 bridgehead atoms. The molecule has 0 spiro atoms. The largest absolute Gasteiger partial charge is 0.349 e. The Bertz CT molecular complexity index is 1090. The van der Waals surface area contributed by atoms with Gasteiger partial charge in [0.15, 0.2) is 0 Å². The van der Waals surface area contributed by atoms with Crippen LogP contribution in [0.2, 0.25) is 0 Å². The molecule has 30 heavy (non-hydrogen) atoms. The first kappa shape index (κ1) is 19.5. The maximum absolute atomic E-state index is 13.3. The first-order valence-electron chi connectivity index (χ1n) is 11.3. The van der Waals surface area contributed by atoms with E-state index in [-0.39, 0.29) is 5.91 Å². The van der Waals surface area contributed by atoms with Crippen LogP contribution in [-0.2, 0) is 12.8 Å². The van der Waals surface area contributed by atoms with E-state index in [1.165, 1.54) is 53.3 Å². The van der Waals surface area contributed by atoms with Gasteiger partial charge in [0.05, 0.1) is 5.56 Å². The number of carbonyl (C=O) groups is 1. The summed E-state index contributed by atoms with van der Waals surface area (Å²) in [4.78, 5) is 19.6. The highest BCUT2D eigenvalue weighted by Gasteiger charge is 2.27. The summed E-state index contributed by atoms with van der Waals surface area (Å²) in [6, 6.07) is 15.0. The number of rotatable bonds is 4. The van der Waals surface area contributed by atoms with E-state index in [2.05, 4.69) is 47.8 Å². The molecular weight excluding hydrogens is 388 g/mol. The molecule has 2 aliphatic rings. The van der Waals surface area contributed by atoms with E-state index in [1.54, 1.807) is 11.3 Å². The molecule has 154 valence electrons. The SMILES string of the molecule is O=C(NC1CCCCC1)c1c(/N=C\c2cccc3ccccc23)sc2c1CCCC2. The number of nitrogens with zero attached hydrogens (tertiary/aromatic N) is 1. The summed E-state index contributed by atoms with van der Waals surface area (Å²) in [5.41, 5.74) is 3.19. The summed E-state index contributed by atoms with van der Waals surface area (Å²) in [7, 11) is 0. The van der Waals surface area contributed by atoms with E-state index in [4.69, 9.17) is 4.99 Å². The van der Waals surface area contributed by atoms with Crippen molar-refractivity contribution in [3.05, 3.63) is 64.0 Å². The van der Waals surface area contributed by atoms with Crippen molar-refractivity contribution in [1.82, 2.24) is 5.32 Å². The van der Waals surface area contributed by atoms with Gasteiger partial charge in [-0.2, -0.15) is 0 Å². The Kier molecular flexibility index (Phi) is 5.67. The number of amides is 1. The molecule has 1 saturated carbocycles. The molecule has 2 aromatic carbocycles. The van der Waals surface area contributed by atoms with Crippen LogP contribution in [0.5, 0.6) is 0 Å². The third-order valence-electron chi connectivity index (χ3n) is 6.46. The average Bonchev–Trinajstić information content (AvgIpc) is 3.17. The lowest BCUT2D eigenvalue weighted by Crippen LogP contribution is -2.36. The van der Waals surface area contributed by atoms with Crippen molar-refractivity contribution in [2.24, 2.45) is 4.99 Å². The molecule has 2 aliphatic carbocycles. The first-order valence-corrected chi connectivity index (χ1v) is 12.1. The number of hydrogen-bond acceptors (Lipinski definition) is 3. The number of aryl methyl sites for hydroxylation is 1. The van der Waals surface area contributed by atoms with Gasteiger partial charge >= 0.3 is 0 Å². The fraction of sp³-hybridized carbons (Fsp3) is 0.385. The fourth-order valence-electron chi connectivity index (χ4n) is 4.87. The monoisotopic (exact) mass is 416 g/mol.